The number of carbonyl (C=O) groups excluding carboxylic acids is 7. The monoisotopic (exact) mass is 1130 g/mol. The van der Waals surface area contributed by atoms with E-state index in [-0.39, 0.29) is 86.6 Å². The standard InChI is InChI=1S/C34H44O12.C27H32O8/c1-3-5-19-41-33(37)43-23-21-39-27-11-15-29(16-12-27)45-31(35)25-7-9-26(10-8-25)32(36)46-30-17-13-28(14-18-30)40-22-24-44-34(38)42-20-6-4-2;1-19-3-9-24(10-4-19)34-26(29)21-5-7-22(8-6-21)27(30)35-25-13-11-23(12-14-25)33-18-16-31-15-17-32-20(2)28/h11-18,25-26H,3-10,19-24H2,1-2H3;3-4,9-14,21-22H,5-8,15-18H2,1-2H3. The van der Waals surface area contributed by atoms with E-state index in [0.717, 1.165) is 31.2 Å². The molecule has 440 valence electrons. The van der Waals surface area contributed by atoms with E-state index in [1.54, 1.807) is 84.9 Å². The molecular weight excluding hydrogens is 1050 g/mol. The maximum Gasteiger partial charge on any atom is 0.508 e. The second-order valence-corrected chi connectivity index (χ2v) is 19.1. The van der Waals surface area contributed by atoms with Crippen molar-refractivity contribution in [1.82, 2.24) is 0 Å². The molecule has 0 atom stereocenters. The second-order valence-electron chi connectivity index (χ2n) is 19.1. The normalized spacial score (nSPS) is 16.3. The number of carbonyl (C=O) groups is 7. The van der Waals surface area contributed by atoms with E-state index in [9.17, 15) is 33.6 Å². The van der Waals surface area contributed by atoms with E-state index < -0.39 is 12.3 Å². The Balaban J connectivity index is 0.000000308. The average Bonchev–Trinajstić information content (AvgIpc) is 3.47. The number of aryl methyl sites for hydroxylation is 1. The van der Waals surface area contributed by atoms with Crippen molar-refractivity contribution in [1.29, 1.82) is 0 Å². The van der Waals surface area contributed by atoms with Gasteiger partial charge in [0.25, 0.3) is 0 Å². The van der Waals surface area contributed by atoms with Gasteiger partial charge in [-0.3, -0.25) is 24.0 Å². The van der Waals surface area contributed by atoms with Gasteiger partial charge in [0, 0.05) is 6.92 Å². The Labute approximate surface area is 473 Å². The van der Waals surface area contributed by atoms with E-state index >= 15 is 0 Å². The van der Waals surface area contributed by atoms with Crippen molar-refractivity contribution >= 4 is 42.2 Å². The van der Waals surface area contributed by atoms with Crippen molar-refractivity contribution in [3.8, 4) is 40.2 Å². The highest BCUT2D eigenvalue weighted by atomic mass is 16.7. The van der Waals surface area contributed by atoms with Crippen LogP contribution in [0.3, 0.4) is 0 Å². The second kappa shape index (κ2) is 36.4. The predicted molar refractivity (Wildman–Crippen MR) is 292 cm³/mol. The van der Waals surface area contributed by atoms with Gasteiger partial charge in [0.15, 0.2) is 0 Å². The highest BCUT2D eigenvalue weighted by Gasteiger charge is 2.33. The Hall–Kier alpha value is -7.87. The lowest BCUT2D eigenvalue weighted by molar-refractivity contribution is -0.145. The van der Waals surface area contributed by atoms with Gasteiger partial charge in [0.05, 0.1) is 50.1 Å². The van der Waals surface area contributed by atoms with E-state index in [2.05, 4.69) is 0 Å². The molecule has 0 bridgehead atoms. The summed E-state index contributed by atoms with van der Waals surface area (Å²) in [4.78, 5) is 84.0. The van der Waals surface area contributed by atoms with Crippen molar-refractivity contribution in [3.63, 3.8) is 0 Å². The molecule has 0 saturated heterocycles. The fourth-order valence-corrected chi connectivity index (χ4v) is 8.16. The molecule has 2 aliphatic carbocycles. The molecule has 81 heavy (non-hydrogen) atoms. The summed E-state index contributed by atoms with van der Waals surface area (Å²) >= 11 is 0. The number of esters is 5. The van der Waals surface area contributed by atoms with Crippen LogP contribution in [0.25, 0.3) is 0 Å². The lowest BCUT2D eigenvalue weighted by Gasteiger charge is -2.25. The molecule has 2 aliphatic rings. The summed E-state index contributed by atoms with van der Waals surface area (Å²) in [6.45, 7) is 9.63. The molecule has 0 radical (unpaired) electrons. The molecule has 0 aromatic heterocycles. The number of ether oxygens (including phenoxy) is 13. The van der Waals surface area contributed by atoms with Crippen LogP contribution in [0.5, 0.6) is 40.2 Å². The topological polar surface area (TPSA) is 239 Å². The van der Waals surface area contributed by atoms with Gasteiger partial charge in [-0.1, -0.05) is 44.4 Å². The van der Waals surface area contributed by atoms with Crippen LogP contribution < -0.4 is 33.2 Å². The highest BCUT2D eigenvalue weighted by Crippen LogP contribution is 2.34. The molecule has 4 aromatic rings. The van der Waals surface area contributed by atoms with Gasteiger partial charge in [-0.05, 0) is 156 Å². The summed E-state index contributed by atoms with van der Waals surface area (Å²) in [7, 11) is 0. The fourth-order valence-electron chi connectivity index (χ4n) is 8.16. The highest BCUT2D eigenvalue weighted by molar-refractivity contribution is 5.79. The lowest BCUT2D eigenvalue weighted by Crippen LogP contribution is -2.30. The summed E-state index contributed by atoms with van der Waals surface area (Å²) in [5, 5.41) is 0. The minimum absolute atomic E-state index is 0.0519. The molecule has 0 aliphatic heterocycles. The zero-order valence-electron chi connectivity index (χ0n) is 46.8. The molecule has 0 unspecified atom stereocenters. The maximum absolute atomic E-state index is 12.7. The Morgan fingerprint density at radius 3 is 0.914 bits per heavy atom. The number of benzene rings is 4. The Morgan fingerprint density at radius 2 is 0.605 bits per heavy atom. The van der Waals surface area contributed by atoms with Gasteiger partial charge < -0.3 is 61.6 Å². The molecular formula is C61H76O20. The van der Waals surface area contributed by atoms with Crippen molar-refractivity contribution in [2.45, 2.75) is 105 Å². The third-order valence-corrected chi connectivity index (χ3v) is 12.8. The Bertz CT molecular complexity index is 2420. The molecule has 0 spiro atoms. The first kappa shape index (κ1) is 64.0. The van der Waals surface area contributed by atoms with E-state index in [1.807, 2.05) is 32.9 Å². The molecule has 6 rings (SSSR count). The summed E-state index contributed by atoms with van der Waals surface area (Å²) < 4.78 is 68.5. The van der Waals surface area contributed by atoms with Crippen LogP contribution in [0.4, 0.5) is 9.59 Å². The zero-order chi connectivity index (χ0) is 58.0. The molecule has 20 nitrogen and oxygen atoms in total. The summed E-state index contributed by atoms with van der Waals surface area (Å²) in [5.74, 6) is 0.845. The van der Waals surface area contributed by atoms with Crippen molar-refractivity contribution in [3.05, 3.63) is 103 Å². The van der Waals surface area contributed by atoms with Crippen molar-refractivity contribution < 1.29 is 95.1 Å². The molecule has 20 heteroatoms. The lowest BCUT2D eigenvalue weighted by atomic mass is 9.82. The average molecular weight is 1130 g/mol. The summed E-state index contributed by atoms with van der Waals surface area (Å²) in [5.41, 5.74) is 1.10. The Morgan fingerprint density at radius 1 is 0.346 bits per heavy atom. The first-order chi connectivity index (χ1) is 39.3. The van der Waals surface area contributed by atoms with Gasteiger partial charge in [0.1, 0.15) is 79.9 Å². The number of rotatable bonds is 29. The van der Waals surface area contributed by atoms with Crippen LogP contribution in [0.2, 0.25) is 0 Å². The van der Waals surface area contributed by atoms with Crippen LogP contribution in [0.15, 0.2) is 97.1 Å². The molecule has 2 saturated carbocycles. The predicted octanol–water partition coefficient (Wildman–Crippen LogP) is 10.9. The minimum atomic E-state index is -0.717. The number of hydrogen-bond acceptors (Lipinski definition) is 20. The third-order valence-electron chi connectivity index (χ3n) is 12.8. The summed E-state index contributed by atoms with van der Waals surface area (Å²) in [6, 6.07) is 27.4. The van der Waals surface area contributed by atoms with Gasteiger partial charge >= 0.3 is 42.2 Å². The quantitative estimate of drug-likeness (QED) is 0.0212. The van der Waals surface area contributed by atoms with Gasteiger partial charge in [-0.2, -0.15) is 0 Å². The third kappa shape index (κ3) is 25.4. The van der Waals surface area contributed by atoms with E-state index in [4.69, 9.17) is 61.6 Å². The van der Waals surface area contributed by atoms with Gasteiger partial charge in [-0.25, -0.2) is 9.59 Å². The molecule has 0 amide bonds. The first-order valence-corrected chi connectivity index (χ1v) is 27.7. The van der Waals surface area contributed by atoms with Crippen LogP contribution in [0.1, 0.15) is 103 Å². The minimum Gasteiger partial charge on any atom is -0.491 e. The molecule has 4 aromatic carbocycles. The van der Waals surface area contributed by atoms with Crippen LogP contribution in [-0.2, 0) is 52.4 Å². The first-order valence-electron chi connectivity index (χ1n) is 27.7. The van der Waals surface area contributed by atoms with E-state index in [1.165, 1.54) is 6.92 Å². The van der Waals surface area contributed by atoms with Gasteiger partial charge in [-0.15, -0.1) is 0 Å². The molecule has 2 fully saturated rings. The SMILES string of the molecule is CC(=O)OCCOCCOc1ccc(OC(=O)C2CCC(C(=O)Oc3ccc(C)cc3)CC2)cc1.CCCCOC(=O)OCCOc1ccc(OC(=O)C2CCC(C(=O)Oc3ccc(OCCOC(=O)OCCCC)cc3)CC2)cc1. The van der Waals surface area contributed by atoms with Crippen LogP contribution in [0, 0.1) is 30.6 Å². The number of unbranched alkanes of at least 4 members (excludes halogenated alkanes) is 2. The van der Waals surface area contributed by atoms with Crippen molar-refractivity contribution in [2.24, 2.45) is 23.7 Å². The van der Waals surface area contributed by atoms with Gasteiger partial charge in [0.2, 0.25) is 0 Å². The molecule has 0 N–H and O–H groups in total. The summed E-state index contributed by atoms with van der Waals surface area (Å²) in [6.07, 6.45) is 6.42. The Kier molecular flexibility index (Phi) is 28.7. The van der Waals surface area contributed by atoms with Crippen LogP contribution in [-0.4, -0.2) is 108 Å². The van der Waals surface area contributed by atoms with Crippen LogP contribution >= 0.6 is 0 Å². The smallest absolute Gasteiger partial charge is 0.491 e. The maximum atomic E-state index is 12.7. The zero-order valence-corrected chi connectivity index (χ0v) is 46.8. The molecule has 0 heterocycles. The fraction of sp³-hybridized carbons (Fsp3) is 0.492. The largest absolute Gasteiger partial charge is 0.508 e. The number of hydrogen-bond donors (Lipinski definition) is 0. The van der Waals surface area contributed by atoms with Crippen molar-refractivity contribution in [2.75, 3.05) is 66.1 Å². The van der Waals surface area contributed by atoms with E-state index in [0.29, 0.717) is 125 Å².